The number of para-hydroxylation sites is 3. The molecule has 168 valence electrons. The van der Waals surface area contributed by atoms with Crippen LogP contribution in [-0.2, 0) is 11.2 Å². The molecule has 33 heavy (non-hydrogen) atoms. The van der Waals surface area contributed by atoms with Gasteiger partial charge in [0.05, 0.1) is 17.1 Å². The number of ether oxygens (including phenoxy) is 1. The third kappa shape index (κ3) is 4.92. The van der Waals surface area contributed by atoms with Gasteiger partial charge in [0.15, 0.2) is 11.6 Å². The maximum absolute atomic E-state index is 14.4. The van der Waals surface area contributed by atoms with E-state index in [-0.39, 0.29) is 30.2 Å². The third-order valence-corrected chi connectivity index (χ3v) is 5.27. The minimum atomic E-state index is -0.504. The number of halogens is 2. The molecule has 5 nitrogen and oxygen atoms in total. The topological polar surface area (TPSA) is 56.2 Å². The van der Waals surface area contributed by atoms with Gasteiger partial charge in [0.2, 0.25) is 11.8 Å². The Morgan fingerprint density at radius 2 is 1.61 bits per heavy atom. The van der Waals surface area contributed by atoms with Crippen LogP contribution in [0.25, 0.3) is 5.69 Å². The monoisotopic (exact) mass is 447 g/mol. The number of hydrogen-bond donors (Lipinski definition) is 1. The molecule has 1 amide bonds. The van der Waals surface area contributed by atoms with E-state index in [2.05, 4.69) is 10.4 Å². The van der Waals surface area contributed by atoms with Gasteiger partial charge < -0.3 is 10.1 Å². The van der Waals surface area contributed by atoms with Crippen molar-refractivity contribution in [3.63, 3.8) is 0 Å². The van der Waals surface area contributed by atoms with Crippen molar-refractivity contribution in [3.8, 4) is 17.3 Å². The first-order valence-corrected chi connectivity index (χ1v) is 10.6. The predicted octanol–water partition coefficient (Wildman–Crippen LogP) is 6.13. The van der Waals surface area contributed by atoms with Gasteiger partial charge in [-0.05, 0) is 56.2 Å². The number of nitrogens with one attached hydrogen (secondary N) is 1. The first-order valence-electron chi connectivity index (χ1n) is 10.6. The number of carbonyl (C=O) groups is 1. The first kappa shape index (κ1) is 22.2. The number of anilines is 1. The number of carbonyl (C=O) groups excluding carboxylic acids is 1. The molecule has 0 radical (unpaired) electrons. The number of hydrogen-bond acceptors (Lipinski definition) is 3. The molecule has 0 fully saturated rings. The molecule has 0 saturated carbocycles. The molecule has 3 aromatic carbocycles. The number of benzene rings is 3. The Morgan fingerprint density at radius 1 is 0.939 bits per heavy atom. The molecule has 0 atom stereocenters. The molecule has 4 aromatic rings. The second-order valence-electron chi connectivity index (χ2n) is 7.63. The van der Waals surface area contributed by atoms with E-state index in [9.17, 15) is 13.6 Å². The van der Waals surface area contributed by atoms with Gasteiger partial charge >= 0.3 is 0 Å². The number of amides is 1. The highest BCUT2D eigenvalue weighted by Crippen LogP contribution is 2.33. The third-order valence-electron chi connectivity index (χ3n) is 5.27. The quantitative estimate of drug-likeness (QED) is 0.371. The van der Waals surface area contributed by atoms with Crippen LogP contribution in [0.4, 0.5) is 14.5 Å². The van der Waals surface area contributed by atoms with Crippen LogP contribution in [0.3, 0.4) is 0 Å². The Morgan fingerprint density at radius 3 is 2.33 bits per heavy atom. The average molecular weight is 447 g/mol. The van der Waals surface area contributed by atoms with E-state index in [1.54, 1.807) is 28.9 Å². The summed E-state index contributed by atoms with van der Waals surface area (Å²) in [5, 5.41) is 7.20. The lowest BCUT2D eigenvalue weighted by Crippen LogP contribution is -2.13. The first-order chi connectivity index (χ1) is 15.9. The van der Waals surface area contributed by atoms with E-state index in [4.69, 9.17) is 4.74 Å². The average Bonchev–Trinajstić information content (AvgIpc) is 3.10. The van der Waals surface area contributed by atoms with Crippen molar-refractivity contribution in [2.45, 2.75) is 26.7 Å². The fraction of sp³-hybridized carbons (Fsp3) is 0.154. The van der Waals surface area contributed by atoms with Crippen LogP contribution < -0.4 is 10.1 Å². The minimum Gasteiger partial charge on any atom is -0.436 e. The molecule has 0 aliphatic rings. The van der Waals surface area contributed by atoms with Crippen LogP contribution in [-0.4, -0.2) is 15.7 Å². The van der Waals surface area contributed by atoms with Crippen LogP contribution in [0.2, 0.25) is 0 Å². The van der Waals surface area contributed by atoms with Gasteiger partial charge in [0.25, 0.3) is 0 Å². The lowest BCUT2D eigenvalue weighted by atomic mass is 10.1. The summed E-state index contributed by atoms with van der Waals surface area (Å²) in [5.41, 5.74) is 3.20. The van der Waals surface area contributed by atoms with Gasteiger partial charge in [-0.15, -0.1) is 0 Å². The zero-order valence-electron chi connectivity index (χ0n) is 18.3. The molecule has 0 saturated heterocycles. The Bertz CT molecular complexity index is 1300. The number of aromatic nitrogens is 2. The van der Waals surface area contributed by atoms with Gasteiger partial charge in [0.1, 0.15) is 5.82 Å². The van der Waals surface area contributed by atoms with Crippen LogP contribution >= 0.6 is 0 Å². The van der Waals surface area contributed by atoms with Crippen LogP contribution in [0.15, 0.2) is 72.8 Å². The molecule has 0 aliphatic heterocycles. The second kappa shape index (κ2) is 9.65. The summed E-state index contributed by atoms with van der Waals surface area (Å²) in [7, 11) is 0. The highest BCUT2D eigenvalue weighted by Gasteiger charge is 2.21. The summed E-state index contributed by atoms with van der Waals surface area (Å²) < 4.78 is 35.9. The van der Waals surface area contributed by atoms with E-state index < -0.39 is 11.6 Å². The van der Waals surface area contributed by atoms with Gasteiger partial charge in [-0.2, -0.15) is 9.78 Å². The Labute approximate surface area is 190 Å². The van der Waals surface area contributed by atoms with Gasteiger partial charge in [-0.1, -0.05) is 42.5 Å². The van der Waals surface area contributed by atoms with Crippen molar-refractivity contribution in [2.75, 3.05) is 5.32 Å². The summed E-state index contributed by atoms with van der Waals surface area (Å²) in [6.07, 6.45) is 0.351. The second-order valence-corrected chi connectivity index (χ2v) is 7.63. The molecular formula is C26H23F2N3O2. The highest BCUT2D eigenvalue weighted by atomic mass is 19.1. The molecule has 0 bridgehead atoms. The maximum Gasteiger partial charge on any atom is 0.226 e. The van der Waals surface area contributed by atoms with Crippen molar-refractivity contribution in [3.05, 3.63) is 101 Å². The van der Waals surface area contributed by atoms with Crippen LogP contribution in [0, 0.1) is 25.5 Å². The number of aryl methyl sites for hydroxylation is 2. The summed E-state index contributed by atoms with van der Waals surface area (Å²) >= 11 is 0. The van der Waals surface area contributed by atoms with E-state index in [1.807, 2.05) is 38.1 Å². The van der Waals surface area contributed by atoms with E-state index in [0.717, 1.165) is 11.3 Å². The van der Waals surface area contributed by atoms with Crippen LogP contribution in [0.5, 0.6) is 11.6 Å². The van der Waals surface area contributed by atoms with Gasteiger partial charge in [0, 0.05) is 12.0 Å². The molecular weight excluding hydrogens is 424 g/mol. The summed E-state index contributed by atoms with van der Waals surface area (Å²) in [6, 6.07) is 19.7. The highest BCUT2D eigenvalue weighted by molar-refractivity contribution is 5.91. The molecule has 0 spiro atoms. The number of nitrogens with zero attached hydrogens (tertiary/aromatic N) is 2. The largest absolute Gasteiger partial charge is 0.436 e. The normalized spacial score (nSPS) is 10.8. The Kier molecular flexibility index (Phi) is 6.49. The molecule has 0 unspecified atom stereocenters. The fourth-order valence-corrected chi connectivity index (χ4v) is 3.54. The van der Waals surface area contributed by atoms with Crippen molar-refractivity contribution in [1.82, 2.24) is 9.78 Å². The fourth-order valence-electron chi connectivity index (χ4n) is 3.54. The smallest absolute Gasteiger partial charge is 0.226 e. The molecule has 1 N–H and O–H groups in total. The zero-order valence-corrected chi connectivity index (χ0v) is 18.3. The van der Waals surface area contributed by atoms with Crippen molar-refractivity contribution in [1.29, 1.82) is 0 Å². The van der Waals surface area contributed by atoms with E-state index in [1.165, 1.54) is 24.3 Å². The SMILES string of the molecule is Cc1ccccc1-n1nc(C)c(CCC(=O)Nc2ccccc2F)c1Oc1ccccc1F. The Hall–Kier alpha value is -4.00. The standard InChI is InChI=1S/C26H23F2N3O2/c1-17-9-3-7-13-23(17)31-26(33-24-14-8-5-11-21(24)28)19(18(2)30-31)15-16-25(32)29-22-12-6-4-10-20(22)27/h3-14H,15-16H2,1-2H3,(H,29,32). The van der Waals surface area contributed by atoms with Crippen molar-refractivity contribution >= 4 is 11.6 Å². The minimum absolute atomic E-state index is 0.0595. The number of rotatable bonds is 7. The molecule has 7 heteroatoms. The Balaban J connectivity index is 1.65. The van der Waals surface area contributed by atoms with Gasteiger partial charge in [-0.3, -0.25) is 4.79 Å². The van der Waals surface area contributed by atoms with Crippen molar-refractivity contribution in [2.24, 2.45) is 0 Å². The van der Waals surface area contributed by atoms with Crippen LogP contribution in [0.1, 0.15) is 23.2 Å². The van der Waals surface area contributed by atoms with E-state index >= 15 is 0 Å². The van der Waals surface area contributed by atoms with Crippen molar-refractivity contribution < 1.29 is 18.3 Å². The van der Waals surface area contributed by atoms with E-state index in [0.29, 0.717) is 17.1 Å². The molecule has 1 heterocycles. The summed E-state index contributed by atoms with van der Waals surface area (Å²) in [6.45, 7) is 3.76. The molecule has 0 aliphatic carbocycles. The molecule has 4 rings (SSSR count). The molecule has 1 aromatic heterocycles. The lowest BCUT2D eigenvalue weighted by Gasteiger charge is -2.13. The zero-order chi connectivity index (χ0) is 23.4. The summed E-state index contributed by atoms with van der Waals surface area (Å²) in [4.78, 5) is 12.5. The van der Waals surface area contributed by atoms with Gasteiger partial charge in [-0.25, -0.2) is 8.78 Å². The lowest BCUT2D eigenvalue weighted by molar-refractivity contribution is -0.116. The summed E-state index contributed by atoms with van der Waals surface area (Å²) in [5.74, 6) is -0.955. The predicted molar refractivity (Wildman–Crippen MR) is 123 cm³/mol. The maximum atomic E-state index is 14.4.